The Bertz CT molecular complexity index is 494. The van der Waals surface area contributed by atoms with E-state index < -0.39 is 0 Å². The molecule has 2 rings (SSSR count). The molecular formula is C12H15N3O2. The predicted molar refractivity (Wildman–Crippen MR) is 62.4 cm³/mol. The van der Waals surface area contributed by atoms with E-state index in [0.717, 1.165) is 17.0 Å². The zero-order chi connectivity index (χ0) is 12.3. The smallest absolute Gasteiger partial charge is 0.145 e. The fourth-order valence-electron chi connectivity index (χ4n) is 1.42. The maximum absolute atomic E-state index is 5.80. The molecule has 1 heterocycles. The van der Waals surface area contributed by atoms with Crippen LogP contribution in [-0.2, 0) is 6.61 Å². The minimum atomic E-state index is -0.00555. The van der Waals surface area contributed by atoms with Crippen molar-refractivity contribution in [2.75, 3.05) is 0 Å². The molecule has 0 spiro atoms. The lowest BCUT2D eigenvalue weighted by atomic mass is 10.1. The van der Waals surface area contributed by atoms with Crippen molar-refractivity contribution in [2.45, 2.75) is 26.5 Å². The first-order valence-corrected chi connectivity index (χ1v) is 5.43. The summed E-state index contributed by atoms with van der Waals surface area (Å²) in [6.45, 7) is 4.11. The molecule has 0 aliphatic rings. The maximum Gasteiger partial charge on any atom is 0.145 e. The number of nitrogens with two attached hydrogens (primary N) is 1. The second-order valence-electron chi connectivity index (χ2n) is 3.95. The van der Waals surface area contributed by atoms with Crippen LogP contribution in [0, 0.1) is 6.92 Å². The Morgan fingerprint density at radius 3 is 2.88 bits per heavy atom. The van der Waals surface area contributed by atoms with E-state index >= 15 is 0 Å². The third-order valence-corrected chi connectivity index (χ3v) is 2.51. The van der Waals surface area contributed by atoms with Crippen LogP contribution in [0.15, 0.2) is 28.9 Å². The highest BCUT2D eigenvalue weighted by Gasteiger charge is 2.06. The van der Waals surface area contributed by atoms with Crippen LogP contribution in [-0.4, -0.2) is 10.3 Å². The Balaban J connectivity index is 2.04. The molecule has 1 unspecified atom stereocenters. The molecule has 2 N–H and O–H groups in total. The minimum absolute atomic E-state index is 0.00555. The van der Waals surface area contributed by atoms with E-state index in [1.165, 1.54) is 0 Å². The first-order chi connectivity index (χ1) is 8.16. The van der Waals surface area contributed by atoms with Crippen LogP contribution < -0.4 is 10.5 Å². The number of nitrogens with zero attached hydrogens (tertiary/aromatic N) is 2. The molecule has 0 saturated heterocycles. The van der Waals surface area contributed by atoms with Crippen LogP contribution in [0.5, 0.6) is 5.75 Å². The Hall–Kier alpha value is -1.88. The molecule has 0 saturated carbocycles. The summed E-state index contributed by atoms with van der Waals surface area (Å²) in [7, 11) is 0. The van der Waals surface area contributed by atoms with Crippen LogP contribution in [0.4, 0.5) is 0 Å². The molecule has 90 valence electrons. The standard InChI is InChI=1S/C12H15N3O2/c1-8(13)10-4-3-5-11(6-10)16-7-12-9(2)14-17-15-12/h3-6,8H,7,13H2,1-2H3. The van der Waals surface area contributed by atoms with E-state index in [1.54, 1.807) is 0 Å². The SMILES string of the molecule is Cc1nonc1COc1cccc(C(C)N)c1. The molecule has 17 heavy (non-hydrogen) atoms. The van der Waals surface area contributed by atoms with E-state index in [0.29, 0.717) is 12.3 Å². The molecule has 5 nitrogen and oxygen atoms in total. The molecule has 0 bridgehead atoms. The molecule has 2 aromatic rings. The average molecular weight is 233 g/mol. The summed E-state index contributed by atoms with van der Waals surface area (Å²) in [5, 5.41) is 7.44. The van der Waals surface area contributed by atoms with Gasteiger partial charge in [-0.1, -0.05) is 22.4 Å². The highest BCUT2D eigenvalue weighted by Crippen LogP contribution is 2.18. The molecular weight excluding hydrogens is 218 g/mol. The minimum Gasteiger partial charge on any atom is -0.487 e. The summed E-state index contributed by atoms with van der Waals surface area (Å²) in [6, 6.07) is 7.69. The van der Waals surface area contributed by atoms with E-state index in [9.17, 15) is 0 Å². The van der Waals surface area contributed by atoms with Gasteiger partial charge in [0.05, 0.1) is 0 Å². The lowest BCUT2D eigenvalue weighted by molar-refractivity contribution is 0.270. The third-order valence-electron chi connectivity index (χ3n) is 2.51. The highest BCUT2D eigenvalue weighted by atomic mass is 16.6. The van der Waals surface area contributed by atoms with Gasteiger partial charge < -0.3 is 10.5 Å². The van der Waals surface area contributed by atoms with Crippen LogP contribution in [0.3, 0.4) is 0 Å². The summed E-state index contributed by atoms with van der Waals surface area (Å²) in [5.74, 6) is 0.766. The van der Waals surface area contributed by atoms with Gasteiger partial charge in [0.25, 0.3) is 0 Å². The van der Waals surface area contributed by atoms with E-state index in [2.05, 4.69) is 14.9 Å². The Morgan fingerprint density at radius 1 is 1.41 bits per heavy atom. The fourth-order valence-corrected chi connectivity index (χ4v) is 1.42. The maximum atomic E-state index is 5.80. The number of ether oxygens (including phenoxy) is 1. The molecule has 1 atom stereocenters. The van der Waals surface area contributed by atoms with Crippen molar-refractivity contribution in [2.24, 2.45) is 5.73 Å². The van der Waals surface area contributed by atoms with Gasteiger partial charge in [-0.2, -0.15) is 0 Å². The van der Waals surface area contributed by atoms with Crippen molar-refractivity contribution in [1.82, 2.24) is 10.3 Å². The van der Waals surface area contributed by atoms with Gasteiger partial charge in [-0.05, 0) is 31.5 Å². The zero-order valence-electron chi connectivity index (χ0n) is 9.88. The Labute approximate surface area is 99.5 Å². The van der Waals surface area contributed by atoms with Gasteiger partial charge in [0.1, 0.15) is 23.7 Å². The topological polar surface area (TPSA) is 74.2 Å². The summed E-state index contributed by atoms with van der Waals surface area (Å²) < 4.78 is 10.2. The number of aryl methyl sites for hydroxylation is 1. The lowest BCUT2D eigenvalue weighted by Gasteiger charge is -2.08. The normalized spacial score (nSPS) is 12.4. The van der Waals surface area contributed by atoms with Crippen molar-refractivity contribution in [3.63, 3.8) is 0 Å². The summed E-state index contributed by atoms with van der Waals surface area (Å²) in [6.07, 6.45) is 0. The Kier molecular flexibility index (Phi) is 3.39. The van der Waals surface area contributed by atoms with Gasteiger partial charge in [-0.25, -0.2) is 4.63 Å². The Morgan fingerprint density at radius 2 is 2.24 bits per heavy atom. The van der Waals surface area contributed by atoms with Crippen molar-refractivity contribution in [3.8, 4) is 5.75 Å². The van der Waals surface area contributed by atoms with Crippen molar-refractivity contribution < 1.29 is 9.37 Å². The van der Waals surface area contributed by atoms with Crippen molar-refractivity contribution in [3.05, 3.63) is 41.2 Å². The van der Waals surface area contributed by atoms with Gasteiger partial charge in [-0.15, -0.1) is 0 Å². The summed E-state index contributed by atoms with van der Waals surface area (Å²) in [4.78, 5) is 0. The first-order valence-electron chi connectivity index (χ1n) is 5.43. The second-order valence-corrected chi connectivity index (χ2v) is 3.95. The number of hydrogen-bond donors (Lipinski definition) is 1. The van der Waals surface area contributed by atoms with Crippen molar-refractivity contribution in [1.29, 1.82) is 0 Å². The molecule has 0 amide bonds. The van der Waals surface area contributed by atoms with E-state index in [-0.39, 0.29) is 6.04 Å². The quantitative estimate of drug-likeness (QED) is 0.873. The molecule has 0 fully saturated rings. The number of benzene rings is 1. The lowest BCUT2D eigenvalue weighted by Crippen LogP contribution is -2.05. The van der Waals surface area contributed by atoms with Gasteiger partial charge in [0.15, 0.2) is 0 Å². The zero-order valence-corrected chi connectivity index (χ0v) is 9.88. The fraction of sp³-hybridized carbons (Fsp3) is 0.333. The van der Waals surface area contributed by atoms with Gasteiger partial charge in [0.2, 0.25) is 0 Å². The third kappa shape index (κ3) is 2.82. The molecule has 0 aliphatic heterocycles. The van der Waals surface area contributed by atoms with E-state index in [1.807, 2.05) is 38.1 Å². The summed E-state index contributed by atoms with van der Waals surface area (Å²) >= 11 is 0. The van der Waals surface area contributed by atoms with Crippen LogP contribution in [0.2, 0.25) is 0 Å². The van der Waals surface area contributed by atoms with Crippen LogP contribution in [0.1, 0.15) is 29.9 Å². The number of aromatic nitrogens is 2. The average Bonchev–Trinajstić information content (AvgIpc) is 2.72. The van der Waals surface area contributed by atoms with Crippen molar-refractivity contribution >= 4 is 0 Å². The molecule has 1 aromatic carbocycles. The molecule has 5 heteroatoms. The van der Waals surface area contributed by atoms with Gasteiger partial charge >= 0.3 is 0 Å². The largest absolute Gasteiger partial charge is 0.487 e. The molecule has 1 aromatic heterocycles. The first kappa shape index (κ1) is 11.6. The monoisotopic (exact) mass is 233 g/mol. The number of rotatable bonds is 4. The van der Waals surface area contributed by atoms with E-state index in [4.69, 9.17) is 10.5 Å². The summed E-state index contributed by atoms with van der Waals surface area (Å²) in [5.41, 5.74) is 8.29. The van der Waals surface area contributed by atoms with Crippen LogP contribution in [0.25, 0.3) is 0 Å². The van der Waals surface area contributed by atoms with Gasteiger partial charge in [-0.3, -0.25) is 0 Å². The molecule has 0 aliphatic carbocycles. The van der Waals surface area contributed by atoms with Gasteiger partial charge in [0, 0.05) is 6.04 Å². The molecule has 0 radical (unpaired) electrons. The highest BCUT2D eigenvalue weighted by molar-refractivity contribution is 5.30. The second kappa shape index (κ2) is 4.97. The predicted octanol–water partition coefficient (Wildman–Crippen LogP) is 1.98. The number of hydrogen-bond acceptors (Lipinski definition) is 5. The van der Waals surface area contributed by atoms with Crippen LogP contribution >= 0.6 is 0 Å².